The molecule has 4 N–H and O–H groups in total. The Hall–Kier alpha value is -2.26. The number of aliphatic hydroxyl groups is 1. The van der Waals surface area contributed by atoms with Gasteiger partial charge in [0.05, 0.1) is 12.6 Å². The molecule has 2 rings (SSSR count). The normalized spacial score (nSPS) is 15.6. The van der Waals surface area contributed by atoms with Crippen LogP contribution in [0.3, 0.4) is 0 Å². The molecule has 0 saturated carbocycles. The van der Waals surface area contributed by atoms with Crippen LogP contribution in [-0.2, 0) is 9.59 Å². The number of rotatable bonds is 14. The molecule has 1 aliphatic heterocycles. The van der Waals surface area contributed by atoms with E-state index in [1.54, 1.807) is 7.05 Å². The number of carbonyl (C=O) groups excluding carboxylic acids is 2. The molecule has 0 spiro atoms. The third-order valence-corrected chi connectivity index (χ3v) is 7.42. The Morgan fingerprint density at radius 3 is 2.21 bits per heavy atom. The van der Waals surface area contributed by atoms with Crippen LogP contribution < -0.4 is 16.0 Å². The number of nitrogens with zero attached hydrogens (tertiary/aromatic N) is 2. The van der Waals surface area contributed by atoms with Crippen molar-refractivity contribution in [2.45, 2.75) is 92.3 Å². The van der Waals surface area contributed by atoms with Crippen molar-refractivity contribution >= 4 is 11.8 Å². The Morgan fingerprint density at radius 1 is 1.10 bits per heavy atom. The average Bonchev–Trinajstić information content (AvgIpc) is 2.95. The summed E-state index contributed by atoms with van der Waals surface area (Å²) < 4.78 is 0. The van der Waals surface area contributed by atoms with Gasteiger partial charge in [0, 0.05) is 51.7 Å². The lowest BCUT2D eigenvalue weighted by molar-refractivity contribution is -0.124. The third kappa shape index (κ3) is 11.0. The van der Waals surface area contributed by atoms with E-state index in [4.69, 9.17) is 0 Å². The predicted octanol–water partition coefficient (Wildman–Crippen LogP) is 3.76. The number of hydrogen-bond donors (Lipinski definition) is 4. The van der Waals surface area contributed by atoms with Gasteiger partial charge in [-0.15, -0.1) is 0 Å². The standard InChI is InChI=1S/C29H49N5O3.C2H6/c1-7-24(19-27(36)32-28(21(3)4)29(37)30-6)34(18-15-31-8-2)25-13-16-33(17-14-25)26(20-35)23-11-9-22(5)10-12-23;1-2/h9-12,24-26,31,35H,7-8,13-20H2,1-6H3,(H,30,37)(H,32,36);1-2H3/t24?,26-;/m0./s1. The molecule has 222 valence electrons. The molecule has 2 atom stereocenters. The highest BCUT2D eigenvalue weighted by molar-refractivity contribution is 5.97. The fraction of sp³-hybridized carbons (Fsp3) is 0.677. The summed E-state index contributed by atoms with van der Waals surface area (Å²) in [6, 6.07) is 8.92. The van der Waals surface area contributed by atoms with Crippen LogP contribution >= 0.6 is 0 Å². The largest absolute Gasteiger partial charge is 0.394 e. The van der Waals surface area contributed by atoms with E-state index in [9.17, 15) is 14.7 Å². The second kappa shape index (κ2) is 18.9. The molecule has 1 heterocycles. The van der Waals surface area contributed by atoms with Gasteiger partial charge < -0.3 is 21.1 Å². The van der Waals surface area contributed by atoms with Crippen LogP contribution in [0.5, 0.6) is 0 Å². The van der Waals surface area contributed by atoms with Gasteiger partial charge in [0.15, 0.2) is 0 Å². The predicted molar refractivity (Wildman–Crippen MR) is 161 cm³/mol. The maximum absolute atomic E-state index is 13.0. The Labute approximate surface area is 237 Å². The Bertz CT molecular complexity index is 875. The van der Waals surface area contributed by atoms with Crippen LogP contribution in [0.2, 0.25) is 0 Å². The van der Waals surface area contributed by atoms with E-state index in [0.29, 0.717) is 18.2 Å². The van der Waals surface area contributed by atoms with Crippen LogP contribution in [0.4, 0.5) is 0 Å². The lowest BCUT2D eigenvalue weighted by Crippen LogP contribution is -2.52. The second-order valence-corrected chi connectivity index (χ2v) is 10.2. The van der Waals surface area contributed by atoms with Crippen molar-refractivity contribution in [3.63, 3.8) is 0 Å². The quantitative estimate of drug-likeness (QED) is 0.210. The van der Waals surface area contributed by atoms with E-state index >= 15 is 0 Å². The van der Waals surface area contributed by atoms with Crippen molar-refractivity contribution in [2.24, 2.45) is 0 Å². The molecule has 0 radical (unpaired) electrons. The number of hydrogen-bond acceptors (Lipinski definition) is 6. The molecule has 0 aliphatic carbocycles. The molecular weight excluding hydrogens is 490 g/mol. The summed E-state index contributed by atoms with van der Waals surface area (Å²) in [6.07, 6.45) is 3.18. The number of allylic oxidation sites excluding steroid dienone is 1. The third-order valence-electron chi connectivity index (χ3n) is 7.42. The maximum Gasteiger partial charge on any atom is 0.267 e. The molecule has 1 aliphatic rings. The summed E-state index contributed by atoms with van der Waals surface area (Å²) in [5, 5.41) is 19.1. The number of aliphatic hydroxyl groups excluding tert-OH is 1. The van der Waals surface area contributed by atoms with E-state index in [0.717, 1.165) is 63.1 Å². The van der Waals surface area contributed by atoms with Crippen LogP contribution in [0.1, 0.15) is 84.4 Å². The first-order valence-electron chi connectivity index (χ1n) is 14.8. The van der Waals surface area contributed by atoms with Gasteiger partial charge in [-0.05, 0) is 57.7 Å². The first-order valence-corrected chi connectivity index (χ1v) is 14.8. The van der Waals surface area contributed by atoms with Gasteiger partial charge in [0.25, 0.3) is 5.91 Å². The smallest absolute Gasteiger partial charge is 0.267 e. The van der Waals surface area contributed by atoms with Crippen LogP contribution in [0.15, 0.2) is 35.5 Å². The first-order chi connectivity index (χ1) is 18.7. The minimum Gasteiger partial charge on any atom is -0.394 e. The van der Waals surface area contributed by atoms with Crippen molar-refractivity contribution in [1.29, 1.82) is 0 Å². The maximum atomic E-state index is 13.0. The molecule has 1 unspecified atom stereocenters. The fourth-order valence-corrected chi connectivity index (χ4v) is 5.23. The second-order valence-electron chi connectivity index (χ2n) is 10.2. The van der Waals surface area contributed by atoms with Crippen molar-refractivity contribution in [3.8, 4) is 0 Å². The van der Waals surface area contributed by atoms with Crippen LogP contribution in [-0.4, -0.2) is 85.2 Å². The molecule has 2 amide bonds. The van der Waals surface area contributed by atoms with Crippen molar-refractivity contribution in [3.05, 3.63) is 46.7 Å². The van der Waals surface area contributed by atoms with Crippen molar-refractivity contribution in [1.82, 2.24) is 25.8 Å². The first kappa shape index (κ1) is 34.8. The Morgan fingerprint density at radius 2 is 1.72 bits per heavy atom. The Kier molecular flexibility index (Phi) is 16.9. The number of amides is 2. The molecule has 0 aromatic heterocycles. The van der Waals surface area contributed by atoms with Gasteiger partial charge in [-0.1, -0.05) is 57.5 Å². The van der Waals surface area contributed by atoms with E-state index < -0.39 is 0 Å². The molecule has 39 heavy (non-hydrogen) atoms. The summed E-state index contributed by atoms with van der Waals surface area (Å²) in [6.45, 7) is 18.5. The zero-order valence-electron chi connectivity index (χ0n) is 25.8. The molecule has 0 bridgehead atoms. The molecule has 1 saturated heterocycles. The van der Waals surface area contributed by atoms with Crippen molar-refractivity contribution in [2.75, 3.05) is 46.4 Å². The van der Waals surface area contributed by atoms with Gasteiger partial charge in [0.2, 0.25) is 5.91 Å². The molecule has 8 nitrogen and oxygen atoms in total. The van der Waals surface area contributed by atoms with Gasteiger partial charge in [-0.3, -0.25) is 19.4 Å². The lowest BCUT2D eigenvalue weighted by atomic mass is 9.95. The number of benzene rings is 1. The highest BCUT2D eigenvalue weighted by Gasteiger charge is 2.32. The number of aryl methyl sites for hydroxylation is 1. The SMILES string of the molecule is CC.CCNCCN(C1CCN([C@@H](CO)c2ccc(C)cc2)CC1)C(CC)CC(=O)NC(C(=O)NC)=C(C)C. The van der Waals surface area contributed by atoms with Crippen LogP contribution in [0.25, 0.3) is 0 Å². The van der Waals surface area contributed by atoms with E-state index in [1.807, 2.05) is 27.7 Å². The number of likely N-dealkylation sites (tertiary alicyclic amines) is 1. The molecule has 1 aromatic carbocycles. The van der Waals surface area contributed by atoms with Gasteiger partial charge in [-0.2, -0.15) is 0 Å². The fourth-order valence-electron chi connectivity index (χ4n) is 5.23. The van der Waals surface area contributed by atoms with E-state index in [-0.39, 0.29) is 30.5 Å². The number of piperidine rings is 1. The number of nitrogens with one attached hydrogen (secondary N) is 3. The number of likely N-dealkylation sites (N-methyl/N-ethyl adjacent to an activating group) is 2. The zero-order valence-corrected chi connectivity index (χ0v) is 25.8. The van der Waals surface area contributed by atoms with Crippen molar-refractivity contribution < 1.29 is 14.7 Å². The molecular formula is C31H55N5O3. The monoisotopic (exact) mass is 545 g/mol. The van der Waals surface area contributed by atoms with Crippen LogP contribution in [0, 0.1) is 6.92 Å². The molecule has 1 aromatic rings. The summed E-state index contributed by atoms with van der Waals surface area (Å²) in [4.78, 5) is 30.1. The number of carbonyl (C=O) groups is 2. The van der Waals surface area contributed by atoms with E-state index in [1.165, 1.54) is 5.56 Å². The summed E-state index contributed by atoms with van der Waals surface area (Å²) in [5.74, 6) is -0.401. The summed E-state index contributed by atoms with van der Waals surface area (Å²) in [5.41, 5.74) is 3.49. The minimum atomic E-state index is -0.273. The average molecular weight is 546 g/mol. The summed E-state index contributed by atoms with van der Waals surface area (Å²) in [7, 11) is 1.57. The zero-order chi connectivity index (χ0) is 29.4. The Balaban J connectivity index is 0.00000371. The van der Waals surface area contributed by atoms with Gasteiger partial charge in [-0.25, -0.2) is 0 Å². The minimum absolute atomic E-state index is 0.0108. The topological polar surface area (TPSA) is 96.9 Å². The summed E-state index contributed by atoms with van der Waals surface area (Å²) >= 11 is 0. The van der Waals surface area contributed by atoms with E-state index in [2.05, 4.69) is 70.8 Å². The van der Waals surface area contributed by atoms with Gasteiger partial charge >= 0.3 is 0 Å². The molecule has 8 heteroatoms. The van der Waals surface area contributed by atoms with Gasteiger partial charge in [0.1, 0.15) is 5.70 Å². The molecule has 1 fully saturated rings. The highest BCUT2D eigenvalue weighted by atomic mass is 16.3. The highest BCUT2D eigenvalue weighted by Crippen LogP contribution is 2.28. The lowest BCUT2D eigenvalue weighted by Gasteiger charge is -2.44.